The lowest BCUT2D eigenvalue weighted by Crippen LogP contribution is -2.36. The average molecular weight is 381 g/mol. The molecule has 0 fully saturated rings. The van der Waals surface area contributed by atoms with E-state index < -0.39 is 23.5 Å². The zero-order chi connectivity index (χ0) is 20.1. The summed E-state index contributed by atoms with van der Waals surface area (Å²) >= 11 is 0. The maximum Gasteiger partial charge on any atom is 0.336 e. The van der Waals surface area contributed by atoms with Crippen molar-refractivity contribution >= 4 is 22.8 Å². The van der Waals surface area contributed by atoms with Crippen LogP contribution in [0.3, 0.4) is 0 Å². The quantitative estimate of drug-likeness (QED) is 0.610. The van der Waals surface area contributed by atoms with E-state index in [1.807, 2.05) is 6.92 Å². The summed E-state index contributed by atoms with van der Waals surface area (Å²) in [5.74, 6) is -1.41. The number of nitrogens with one attached hydrogen (secondary N) is 1. The molecule has 2 aromatic carbocycles. The van der Waals surface area contributed by atoms with Crippen LogP contribution in [-0.2, 0) is 16.0 Å². The van der Waals surface area contributed by atoms with Crippen LogP contribution in [0.5, 0.6) is 5.75 Å². The number of ether oxygens (including phenoxy) is 1. The Morgan fingerprint density at radius 3 is 2.57 bits per heavy atom. The first-order chi connectivity index (χ1) is 13.5. The van der Waals surface area contributed by atoms with E-state index in [1.54, 1.807) is 42.5 Å². The van der Waals surface area contributed by atoms with Gasteiger partial charge in [0, 0.05) is 17.5 Å². The topological polar surface area (TPSA) is 106 Å². The summed E-state index contributed by atoms with van der Waals surface area (Å²) in [6, 6.07) is 13.6. The number of carbonyl (C=O) groups is 2. The average Bonchev–Trinajstić information content (AvgIpc) is 2.69. The number of aliphatic carboxylic acids is 1. The van der Waals surface area contributed by atoms with E-state index in [0.29, 0.717) is 23.3 Å². The van der Waals surface area contributed by atoms with E-state index in [9.17, 15) is 19.5 Å². The highest BCUT2D eigenvalue weighted by atomic mass is 16.5. The third-order valence-corrected chi connectivity index (χ3v) is 4.24. The number of carboxylic acid groups (broad SMARTS) is 1. The van der Waals surface area contributed by atoms with Crippen molar-refractivity contribution in [2.45, 2.75) is 19.4 Å². The molecular formula is C21H19NO6. The van der Waals surface area contributed by atoms with Crippen LogP contribution >= 0.6 is 0 Å². The van der Waals surface area contributed by atoms with Gasteiger partial charge in [-0.2, -0.15) is 0 Å². The van der Waals surface area contributed by atoms with Crippen LogP contribution in [0, 0.1) is 0 Å². The van der Waals surface area contributed by atoms with Gasteiger partial charge in [-0.05, 0) is 29.7 Å². The summed E-state index contributed by atoms with van der Waals surface area (Å²) in [5.41, 5.74) is 1.24. The predicted octanol–water partition coefficient (Wildman–Crippen LogP) is 2.68. The maximum absolute atomic E-state index is 12.1. The fraction of sp³-hybridized carbons (Fsp3) is 0.190. The number of amides is 1. The van der Waals surface area contributed by atoms with Gasteiger partial charge in [-0.15, -0.1) is 0 Å². The Bertz CT molecular complexity index is 1060. The zero-order valence-corrected chi connectivity index (χ0v) is 15.2. The minimum absolute atomic E-state index is 0.339. The number of rotatable bonds is 7. The highest BCUT2D eigenvalue weighted by Gasteiger charge is 2.22. The lowest BCUT2D eigenvalue weighted by molar-refractivity contribution is -0.142. The monoisotopic (exact) mass is 381 g/mol. The SMILES string of the molecule is CCc1cc(=O)oc2cc(OCC(=O)N[C@@H](C(=O)O)c3ccccc3)ccc12. The van der Waals surface area contributed by atoms with Gasteiger partial charge in [-0.3, -0.25) is 4.79 Å². The predicted molar refractivity (Wildman–Crippen MR) is 102 cm³/mol. The van der Waals surface area contributed by atoms with Crippen LogP contribution < -0.4 is 15.7 Å². The normalized spacial score (nSPS) is 11.8. The lowest BCUT2D eigenvalue weighted by atomic mass is 10.1. The maximum atomic E-state index is 12.1. The van der Waals surface area contributed by atoms with Gasteiger partial charge in [-0.25, -0.2) is 9.59 Å². The van der Waals surface area contributed by atoms with Gasteiger partial charge in [0.1, 0.15) is 11.3 Å². The Hall–Kier alpha value is -3.61. The number of hydrogen-bond donors (Lipinski definition) is 2. The number of fused-ring (bicyclic) bond motifs is 1. The number of carboxylic acids is 1. The van der Waals surface area contributed by atoms with Crippen molar-refractivity contribution in [3.8, 4) is 5.75 Å². The second-order valence-electron chi connectivity index (χ2n) is 6.14. The highest BCUT2D eigenvalue weighted by molar-refractivity contribution is 5.85. The molecule has 0 spiro atoms. The smallest absolute Gasteiger partial charge is 0.336 e. The third kappa shape index (κ3) is 4.37. The molecular weight excluding hydrogens is 362 g/mol. The summed E-state index contributed by atoms with van der Waals surface area (Å²) < 4.78 is 10.6. The Morgan fingerprint density at radius 2 is 1.89 bits per heavy atom. The summed E-state index contributed by atoms with van der Waals surface area (Å²) in [7, 11) is 0. The zero-order valence-electron chi connectivity index (χ0n) is 15.2. The van der Waals surface area contributed by atoms with Crippen LogP contribution in [0.15, 0.2) is 63.8 Å². The van der Waals surface area contributed by atoms with Crippen molar-refractivity contribution in [3.63, 3.8) is 0 Å². The van der Waals surface area contributed by atoms with Gasteiger partial charge in [0.25, 0.3) is 5.91 Å². The Balaban J connectivity index is 1.70. The molecule has 144 valence electrons. The molecule has 0 aliphatic carbocycles. The summed E-state index contributed by atoms with van der Waals surface area (Å²) in [4.78, 5) is 35.2. The first-order valence-corrected chi connectivity index (χ1v) is 8.74. The van der Waals surface area contributed by atoms with Crippen LogP contribution in [0.2, 0.25) is 0 Å². The van der Waals surface area contributed by atoms with Crippen molar-refractivity contribution < 1.29 is 23.8 Å². The van der Waals surface area contributed by atoms with Gasteiger partial charge >= 0.3 is 11.6 Å². The van der Waals surface area contributed by atoms with Gasteiger partial charge < -0.3 is 19.6 Å². The van der Waals surface area contributed by atoms with Crippen molar-refractivity contribution in [2.75, 3.05) is 6.61 Å². The molecule has 0 aliphatic rings. The molecule has 0 saturated heterocycles. The van der Waals surface area contributed by atoms with Crippen molar-refractivity contribution in [2.24, 2.45) is 0 Å². The van der Waals surface area contributed by atoms with E-state index in [-0.39, 0.29) is 6.61 Å². The molecule has 0 radical (unpaired) electrons. The van der Waals surface area contributed by atoms with Gasteiger partial charge in [0.05, 0.1) is 0 Å². The minimum atomic E-state index is -1.17. The molecule has 0 bridgehead atoms. The van der Waals surface area contributed by atoms with E-state index in [0.717, 1.165) is 10.9 Å². The highest BCUT2D eigenvalue weighted by Crippen LogP contribution is 2.23. The molecule has 1 heterocycles. The number of benzene rings is 2. The van der Waals surface area contributed by atoms with E-state index in [4.69, 9.17) is 9.15 Å². The van der Waals surface area contributed by atoms with Crippen LogP contribution in [-0.4, -0.2) is 23.6 Å². The summed E-state index contributed by atoms with van der Waals surface area (Å²) in [6.45, 7) is 1.56. The molecule has 1 atom stereocenters. The number of hydrogen-bond acceptors (Lipinski definition) is 5. The molecule has 28 heavy (non-hydrogen) atoms. The number of aryl methyl sites for hydroxylation is 1. The van der Waals surface area contributed by atoms with Crippen molar-refractivity contribution in [3.05, 3.63) is 76.1 Å². The molecule has 1 amide bonds. The summed E-state index contributed by atoms with van der Waals surface area (Å²) in [5, 5.41) is 12.6. The second-order valence-corrected chi connectivity index (χ2v) is 6.14. The second kappa shape index (κ2) is 8.39. The standard InChI is InChI=1S/C21H19NO6/c1-2-13-10-19(24)28-17-11-15(8-9-16(13)17)27-12-18(23)22-20(21(25)26)14-6-4-3-5-7-14/h3-11,20H,2,12H2,1H3,(H,22,23)(H,25,26)/t20-/m1/s1. The first kappa shape index (κ1) is 19.2. The fourth-order valence-corrected chi connectivity index (χ4v) is 2.88. The molecule has 7 nitrogen and oxygen atoms in total. The molecule has 3 aromatic rings. The van der Waals surface area contributed by atoms with Crippen molar-refractivity contribution in [1.29, 1.82) is 0 Å². The minimum Gasteiger partial charge on any atom is -0.484 e. The molecule has 0 aliphatic heterocycles. The molecule has 3 rings (SSSR count). The molecule has 2 N–H and O–H groups in total. The Labute approximate surface area is 160 Å². The molecule has 0 unspecified atom stereocenters. The van der Waals surface area contributed by atoms with Gasteiger partial charge in [0.15, 0.2) is 12.6 Å². The fourth-order valence-electron chi connectivity index (χ4n) is 2.88. The molecule has 0 saturated carbocycles. The van der Waals surface area contributed by atoms with Crippen LogP contribution in [0.25, 0.3) is 11.0 Å². The molecule has 1 aromatic heterocycles. The van der Waals surface area contributed by atoms with Gasteiger partial charge in [-0.1, -0.05) is 37.3 Å². The van der Waals surface area contributed by atoms with Crippen LogP contribution in [0.4, 0.5) is 0 Å². The van der Waals surface area contributed by atoms with Crippen molar-refractivity contribution in [1.82, 2.24) is 5.32 Å². The van der Waals surface area contributed by atoms with Gasteiger partial charge in [0.2, 0.25) is 0 Å². The van der Waals surface area contributed by atoms with E-state index >= 15 is 0 Å². The Kier molecular flexibility index (Phi) is 5.74. The largest absolute Gasteiger partial charge is 0.484 e. The number of carbonyl (C=O) groups excluding carboxylic acids is 1. The van der Waals surface area contributed by atoms with E-state index in [1.165, 1.54) is 12.1 Å². The summed E-state index contributed by atoms with van der Waals surface area (Å²) in [6.07, 6.45) is 0.681. The van der Waals surface area contributed by atoms with Crippen LogP contribution in [0.1, 0.15) is 24.1 Å². The lowest BCUT2D eigenvalue weighted by Gasteiger charge is -2.15. The molecule has 7 heteroatoms. The Morgan fingerprint density at radius 1 is 1.14 bits per heavy atom. The first-order valence-electron chi connectivity index (χ1n) is 8.74. The van der Waals surface area contributed by atoms with E-state index in [2.05, 4.69) is 5.32 Å². The third-order valence-electron chi connectivity index (χ3n) is 4.24.